The monoisotopic (exact) mass is 364 g/mol. The van der Waals surface area contributed by atoms with E-state index in [4.69, 9.17) is 23.2 Å². The second kappa shape index (κ2) is 9.00. The Labute approximate surface area is 148 Å². The van der Waals surface area contributed by atoms with Crippen LogP contribution in [0.25, 0.3) is 0 Å². The van der Waals surface area contributed by atoms with Crippen LogP contribution < -0.4 is 10.7 Å². The molecule has 0 spiro atoms. The minimum absolute atomic E-state index is 0.304. The van der Waals surface area contributed by atoms with Gasteiger partial charge in [0.25, 0.3) is 0 Å². The Kier molecular flexibility index (Phi) is 6.72. The third kappa shape index (κ3) is 5.64. The zero-order chi connectivity index (χ0) is 17.4. The van der Waals surface area contributed by atoms with Crippen LogP contribution in [0.5, 0.6) is 0 Å². The highest BCUT2D eigenvalue weighted by Crippen LogP contribution is 2.21. The largest absolute Gasteiger partial charge is 0.352 e. The summed E-state index contributed by atoms with van der Waals surface area (Å²) in [5, 5.41) is 7.20. The lowest BCUT2D eigenvalue weighted by atomic mass is 10.2. The van der Waals surface area contributed by atoms with Crippen LogP contribution in [0, 0.1) is 0 Å². The number of halogens is 2. The number of carbonyl (C=O) groups excluding carboxylic acids is 2. The number of benzene rings is 1. The molecule has 2 amide bonds. The van der Waals surface area contributed by atoms with Gasteiger partial charge in [0.2, 0.25) is 11.8 Å². The lowest BCUT2D eigenvalue weighted by Gasteiger charge is -2.04. The normalized spacial score (nSPS) is 10.6. The Balaban J connectivity index is 1.78. The van der Waals surface area contributed by atoms with E-state index < -0.39 is 11.8 Å². The number of rotatable bonds is 6. The Hall–Kier alpha value is -2.44. The number of nitrogens with one attached hydrogen (secondary N) is 2. The number of aromatic nitrogens is 1. The van der Waals surface area contributed by atoms with E-state index >= 15 is 0 Å². The molecule has 0 saturated heterocycles. The van der Waals surface area contributed by atoms with Crippen molar-refractivity contribution in [3.05, 3.63) is 63.9 Å². The van der Waals surface area contributed by atoms with Crippen LogP contribution in [-0.4, -0.2) is 23.0 Å². The molecule has 6 nitrogen and oxygen atoms in total. The first-order chi connectivity index (χ1) is 11.6. The summed E-state index contributed by atoms with van der Waals surface area (Å²) < 4.78 is 0. The molecule has 1 aromatic carbocycles. The Morgan fingerprint density at radius 3 is 2.54 bits per heavy atom. The molecule has 0 atom stereocenters. The second-order valence-corrected chi connectivity index (χ2v) is 5.56. The lowest BCUT2D eigenvalue weighted by molar-refractivity contribution is -0.129. The molecule has 0 aliphatic heterocycles. The fourth-order valence-electron chi connectivity index (χ4n) is 1.75. The van der Waals surface area contributed by atoms with Crippen LogP contribution in [0.1, 0.15) is 17.5 Å². The van der Waals surface area contributed by atoms with Gasteiger partial charge in [-0.15, -0.1) is 0 Å². The first kappa shape index (κ1) is 17.9. The molecule has 0 saturated carbocycles. The number of hydrazone groups is 1. The van der Waals surface area contributed by atoms with E-state index in [1.54, 1.807) is 36.7 Å². The lowest BCUT2D eigenvalue weighted by Crippen LogP contribution is -2.29. The van der Waals surface area contributed by atoms with Crippen LogP contribution in [-0.2, 0) is 16.1 Å². The van der Waals surface area contributed by atoms with Crippen molar-refractivity contribution < 1.29 is 9.59 Å². The van der Waals surface area contributed by atoms with Crippen molar-refractivity contribution in [3.63, 3.8) is 0 Å². The van der Waals surface area contributed by atoms with Gasteiger partial charge in [-0.3, -0.25) is 14.6 Å². The molecular formula is C16H14Cl2N4O2. The molecule has 1 heterocycles. The molecule has 2 aromatic rings. The van der Waals surface area contributed by atoms with Gasteiger partial charge in [-0.2, -0.15) is 5.10 Å². The Morgan fingerprint density at radius 2 is 1.88 bits per heavy atom. The molecular weight excluding hydrogens is 351 g/mol. The molecule has 24 heavy (non-hydrogen) atoms. The first-order valence-electron chi connectivity index (χ1n) is 6.98. The highest BCUT2D eigenvalue weighted by atomic mass is 35.5. The minimum atomic E-state index is -0.543. The van der Waals surface area contributed by atoms with Gasteiger partial charge < -0.3 is 5.32 Å². The van der Waals surface area contributed by atoms with Gasteiger partial charge in [-0.05, 0) is 23.8 Å². The van der Waals surface area contributed by atoms with E-state index in [0.717, 1.165) is 5.56 Å². The Morgan fingerprint density at radius 1 is 1.12 bits per heavy atom. The van der Waals surface area contributed by atoms with Crippen LogP contribution in [0.3, 0.4) is 0 Å². The number of hydrogen-bond acceptors (Lipinski definition) is 4. The van der Waals surface area contributed by atoms with E-state index in [1.807, 2.05) is 6.07 Å². The minimum Gasteiger partial charge on any atom is -0.352 e. The van der Waals surface area contributed by atoms with Crippen molar-refractivity contribution in [2.24, 2.45) is 5.10 Å². The van der Waals surface area contributed by atoms with Crippen molar-refractivity contribution >= 4 is 41.2 Å². The van der Waals surface area contributed by atoms with Crippen LogP contribution >= 0.6 is 23.2 Å². The smallest absolute Gasteiger partial charge is 0.249 e. The summed E-state index contributed by atoms with van der Waals surface area (Å²) in [5.74, 6) is -0.958. The molecule has 124 valence electrons. The number of carbonyl (C=O) groups is 2. The van der Waals surface area contributed by atoms with Crippen LogP contribution in [0.4, 0.5) is 0 Å². The van der Waals surface area contributed by atoms with Crippen molar-refractivity contribution in [1.29, 1.82) is 0 Å². The summed E-state index contributed by atoms with van der Waals surface area (Å²) >= 11 is 11.9. The summed E-state index contributed by atoms with van der Waals surface area (Å²) in [6.45, 7) is 0.304. The molecule has 1 aromatic heterocycles. The molecule has 0 unspecified atom stereocenters. The third-order valence-electron chi connectivity index (χ3n) is 2.92. The maximum absolute atomic E-state index is 11.7. The predicted molar refractivity (Wildman–Crippen MR) is 92.9 cm³/mol. The summed E-state index contributed by atoms with van der Waals surface area (Å²) in [7, 11) is 0. The number of amides is 2. The maximum atomic E-state index is 11.7. The predicted octanol–water partition coefficient (Wildman–Crippen LogP) is 2.55. The molecule has 8 heteroatoms. The van der Waals surface area contributed by atoms with E-state index in [-0.39, 0.29) is 6.42 Å². The SMILES string of the molecule is O=C(CC(=O)N/N=C/c1c(Cl)cccc1Cl)NCc1cccnc1. The van der Waals surface area contributed by atoms with Gasteiger partial charge in [-0.1, -0.05) is 35.3 Å². The zero-order valence-corrected chi connectivity index (χ0v) is 14.0. The molecule has 2 N–H and O–H groups in total. The van der Waals surface area contributed by atoms with Gasteiger partial charge in [0.15, 0.2) is 0 Å². The van der Waals surface area contributed by atoms with E-state index in [9.17, 15) is 9.59 Å². The highest BCUT2D eigenvalue weighted by molar-refractivity contribution is 6.38. The van der Waals surface area contributed by atoms with Gasteiger partial charge in [0.05, 0.1) is 16.3 Å². The number of nitrogens with zero attached hydrogens (tertiary/aromatic N) is 2. The highest BCUT2D eigenvalue weighted by Gasteiger charge is 2.08. The number of hydrogen-bond donors (Lipinski definition) is 2. The first-order valence-corrected chi connectivity index (χ1v) is 7.73. The summed E-state index contributed by atoms with van der Waals surface area (Å²) in [6.07, 6.45) is 4.27. The van der Waals surface area contributed by atoms with Gasteiger partial charge >= 0.3 is 0 Å². The van der Waals surface area contributed by atoms with Gasteiger partial charge in [-0.25, -0.2) is 5.43 Å². The molecule has 0 bridgehead atoms. The second-order valence-electron chi connectivity index (χ2n) is 4.74. The standard InChI is InChI=1S/C16H14Cl2N4O2/c17-13-4-1-5-14(18)12(13)10-21-22-16(24)7-15(23)20-9-11-3-2-6-19-8-11/h1-6,8,10H,7,9H2,(H,20,23)(H,22,24)/b21-10+. The average Bonchev–Trinajstić information content (AvgIpc) is 2.56. The molecule has 0 radical (unpaired) electrons. The van der Waals surface area contributed by atoms with Gasteiger partial charge in [0, 0.05) is 24.5 Å². The van der Waals surface area contributed by atoms with Crippen LogP contribution in [0.2, 0.25) is 10.0 Å². The Bertz CT molecular complexity index is 731. The van der Waals surface area contributed by atoms with Crippen molar-refractivity contribution in [3.8, 4) is 0 Å². The maximum Gasteiger partial charge on any atom is 0.249 e. The topological polar surface area (TPSA) is 83.5 Å². The quantitative estimate of drug-likeness (QED) is 0.469. The number of pyridine rings is 1. The molecule has 2 rings (SSSR count). The zero-order valence-electron chi connectivity index (χ0n) is 12.5. The van der Waals surface area contributed by atoms with Crippen molar-refractivity contribution in [1.82, 2.24) is 15.7 Å². The fraction of sp³-hybridized carbons (Fsp3) is 0.125. The fourth-order valence-corrected chi connectivity index (χ4v) is 2.25. The molecule has 0 aliphatic carbocycles. The van der Waals surface area contributed by atoms with E-state index in [1.165, 1.54) is 6.21 Å². The molecule has 0 fully saturated rings. The summed E-state index contributed by atoms with van der Waals surface area (Å²) in [5.41, 5.74) is 3.59. The summed E-state index contributed by atoms with van der Waals surface area (Å²) in [6, 6.07) is 8.60. The molecule has 0 aliphatic rings. The average molecular weight is 365 g/mol. The van der Waals surface area contributed by atoms with Crippen LogP contribution in [0.15, 0.2) is 47.8 Å². The summed E-state index contributed by atoms with van der Waals surface area (Å²) in [4.78, 5) is 27.3. The van der Waals surface area contributed by atoms with Crippen molar-refractivity contribution in [2.45, 2.75) is 13.0 Å². The van der Waals surface area contributed by atoms with Crippen molar-refractivity contribution in [2.75, 3.05) is 0 Å². The van der Waals surface area contributed by atoms with E-state index in [0.29, 0.717) is 22.2 Å². The third-order valence-corrected chi connectivity index (χ3v) is 3.58. The van der Waals surface area contributed by atoms with Gasteiger partial charge in [0.1, 0.15) is 6.42 Å². The van der Waals surface area contributed by atoms with E-state index in [2.05, 4.69) is 20.8 Å².